The van der Waals surface area contributed by atoms with Crippen molar-refractivity contribution in [3.8, 4) is 6.07 Å². The van der Waals surface area contributed by atoms with Crippen molar-refractivity contribution < 1.29 is 14.7 Å². The van der Waals surface area contributed by atoms with E-state index < -0.39 is 17.5 Å². The van der Waals surface area contributed by atoms with Crippen molar-refractivity contribution in [2.45, 2.75) is 25.3 Å². The maximum absolute atomic E-state index is 11.9. The fourth-order valence-corrected chi connectivity index (χ4v) is 2.02. The number of nitriles is 1. The van der Waals surface area contributed by atoms with Crippen LogP contribution in [0.25, 0.3) is 0 Å². The lowest BCUT2D eigenvalue weighted by Gasteiger charge is -2.26. The second kappa shape index (κ2) is 5.21. The first kappa shape index (κ1) is 13.9. The van der Waals surface area contributed by atoms with Crippen LogP contribution in [0.5, 0.6) is 0 Å². The third-order valence-electron chi connectivity index (χ3n) is 3.48. The highest BCUT2D eigenvalue weighted by atomic mass is 16.4. The maximum Gasteiger partial charge on any atom is 0.329 e. The van der Waals surface area contributed by atoms with Gasteiger partial charge in [-0.2, -0.15) is 5.26 Å². The van der Waals surface area contributed by atoms with Crippen LogP contribution in [0.4, 0.5) is 10.5 Å². The third kappa shape index (κ3) is 2.88. The lowest BCUT2D eigenvalue weighted by molar-refractivity contribution is -0.144. The number of nitrogens with zero attached hydrogens (tertiary/aromatic N) is 1. The first-order valence-electron chi connectivity index (χ1n) is 6.28. The molecule has 1 atom stereocenters. The number of aliphatic carboxylic acids is 1. The molecule has 0 aliphatic heterocycles. The largest absolute Gasteiger partial charge is 0.480 e. The van der Waals surface area contributed by atoms with E-state index in [-0.39, 0.29) is 5.92 Å². The van der Waals surface area contributed by atoms with E-state index in [9.17, 15) is 14.7 Å². The average molecular weight is 273 g/mol. The molecule has 20 heavy (non-hydrogen) atoms. The Labute approximate surface area is 116 Å². The molecule has 0 radical (unpaired) electrons. The minimum absolute atomic E-state index is 0.0216. The zero-order valence-corrected chi connectivity index (χ0v) is 11.0. The van der Waals surface area contributed by atoms with Crippen LogP contribution in [0.15, 0.2) is 24.3 Å². The van der Waals surface area contributed by atoms with E-state index in [1.54, 1.807) is 24.3 Å². The van der Waals surface area contributed by atoms with Gasteiger partial charge in [-0.05, 0) is 49.9 Å². The monoisotopic (exact) mass is 273 g/mol. The normalized spacial score (nSPS) is 16.6. The Morgan fingerprint density at radius 3 is 2.40 bits per heavy atom. The van der Waals surface area contributed by atoms with Gasteiger partial charge < -0.3 is 15.7 Å². The van der Waals surface area contributed by atoms with Crippen molar-refractivity contribution in [3.05, 3.63) is 29.8 Å². The fourth-order valence-electron chi connectivity index (χ4n) is 2.02. The van der Waals surface area contributed by atoms with Crippen LogP contribution in [0.1, 0.15) is 25.3 Å². The van der Waals surface area contributed by atoms with Gasteiger partial charge in [-0.15, -0.1) is 0 Å². The molecule has 1 aliphatic rings. The summed E-state index contributed by atoms with van der Waals surface area (Å²) in [5.41, 5.74) is -0.245. The van der Waals surface area contributed by atoms with Crippen LogP contribution in [-0.2, 0) is 4.79 Å². The van der Waals surface area contributed by atoms with E-state index in [0.29, 0.717) is 11.3 Å². The SMILES string of the molecule is CC(NC(=O)Nc1ccc(C#N)cc1)(C(=O)O)C1CC1. The average Bonchev–Trinajstić information content (AvgIpc) is 3.23. The van der Waals surface area contributed by atoms with E-state index in [2.05, 4.69) is 10.6 Å². The zero-order chi connectivity index (χ0) is 14.8. The fraction of sp³-hybridized carbons (Fsp3) is 0.357. The molecule has 2 amide bonds. The van der Waals surface area contributed by atoms with Gasteiger partial charge in [0.1, 0.15) is 5.54 Å². The van der Waals surface area contributed by atoms with Gasteiger partial charge in [0.25, 0.3) is 0 Å². The number of carbonyl (C=O) groups is 2. The van der Waals surface area contributed by atoms with E-state index >= 15 is 0 Å². The predicted octanol–water partition coefficient (Wildman–Crippen LogP) is 1.93. The number of carbonyl (C=O) groups excluding carboxylic acids is 1. The number of urea groups is 1. The lowest BCUT2D eigenvalue weighted by Crippen LogP contribution is -2.55. The molecule has 1 fully saturated rings. The lowest BCUT2D eigenvalue weighted by atomic mass is 9.96. The number of carboxylic acids is 1. The van der Waals surface area contributed by atoms with Gasteiger partial charge in [0, 0.05) is 5.69 Å². The van der Waals surface area contributed by atoms with Gasteiger partial charge in [0.15, 0.2) is 0 Å². The van der Waals surface area contributed by atoms with E-state index in [1.807, 2.05) is 6.07 Å². The molecule has 6 nitrogen and oxygen atoms in total. The summed E-state index contributed by atoms with van der Waals surface area (Å²) in [5.74, 6) is -1.05. The first-order valence-corrected chi connectivity index (χ1v) is 6.28. The molecule has 6 heteroatoms. The highest BCUT2D eigenvalue weighted by molar-refractivity contribution is 5.94. The standard InChI is InChI=1S/C14H15N3O3/c1-14(12(18)19,10-4-5-10)17-13(20)16-11-6-2-9(8-15)3-7-11/h2-3,6-7,10H,4-5H2,1H3,(H,18,19)(H2,16,17,20). The molecule has 1 aromatic carbocycles. The molecule has 0 heterocycles. The van der Waals surface area contributed by atoms with Crippen LogP contribution < -0.4 is 10.6 Å². The molecule has 0 aromatic heterocycles. The van der Waals surface area contributed by atoms with Gasteiger partial charge in [0.2, 0.25) is 0 Å². The molecular weight excluding hydrogens is 258 g/mol. The molecule has 0 bridgehead atoms. The number of benzene rings is 1. The van der Waals surface area contributed by atoms with Crippen molar-refractivity contribution in [2.24, 2.45) is 5.92 Å². The summed E-state index contributed by atoms with van der Waals surface area (Å²) >= 11 is 0. The van der Waals surface area contributed by atoms with Crippen LogP contribution >= 0.6 is 0 Å². The summed E-state index contributed by atoms with van der Waals surface area (Å²) in [5, 5.41) is 23.0. The second-order valence-corrected chi connectivity index (χ2v) is 5.05. The summed E-state index contributed by atoms with van der Waals surface area (Å²) in [6.07, 6.45) is 1.61. The Bertz CT molecular complexity index is 572. The number of hydrogen-bond donors (Lipinski definition) is 3. The van der Waals surface area contributed by atoms with Gasteiger partial charge in [0.05, 0.1) is 11.6 Å². The molecule has 104 valence electrons. The smallest absolute Gasteiger partial charge is 0.329 e. The predicted molar refractivity (Wildman–Crippen MR) is 72.1 cm³/mol. The second-order valence-electron chi connectivity index (χ2n) is 5.05. The molecular formula is C14H15N3O3. The Morgan fingerprint density at radius 1 is 1.35 bits per heavy atom. The minimum atomic E-state index is -1.24. The Hall–Kier alpha value is -2.55. The third-order valence-corrected chi connectivity index (χ3v) is 3.48. The first-order chi connectivity index (χ1) is 9.45. The molecule has 1 saturated carbocycles. The Morgan fingerprint density at radius 2 is 1.95 bits per heavy atom. The Kier molecular flexibility index (Phi) is 3.61. The van der Waals surface area contributed by atoms with Crippen molar-refractivity contribution in [1.29, 1.82) is 5.26 Å². The van der Waals surface area contributed by atoms with Crippen LogP contribution in [0.2, 0.25) is 0 Å². The summed E-state index contributed by atoms with van der Waals surface area (Å²) in [6.45, 7) is 1.52. The summed E-state index contributed by atoms with van der Waals surface area (Å²) in [7, 11) is 0. The van der Waals surface area contributed by atoms with Gasteiger partial charge in [-0.25, -0.2) is 9.59 Å². The number of carboxylic acid groups (broad SMARTS) is 1. The molecule has 1 unspecified atom stereocenters. The molecule has 3 N–H and O–H groups in total. The quantitative estimate of drug-likeness (QED) is 0.780. The number of rotatable bonds is 4. The number of hydrogen-bond acceptors (Lipinski definition) is 3. The van der Waals surface area contributed by atoms with Gasteiger partial charge >= 0.3 is 12.0 Å². The van der Waals surface area contributed by atoms with Gasteiger partial charge in [-0.1, -0.05) is 0 Å². The maximum atomic E-state index is 11.9. The molecule has 0 spiro atoms. The summed E-state index contributed by atoms with van der Waals surface area (Å²) in [4.78, 5) is 23.2. The van der Waals surface area contributed by atoms with Gasteiger partial charge in [-0.3, -0.25) is 0 Å². The zero-order valence-electron chi connectivity index (χ0n) is 11.0. The van der Waals surface area contributed by atoms with Crippen LogP contribution in [0.3, 0.4) is 0 Å². The van der Waals surface area contributed by atoms with E-state index in [0.717, 1.165) is 12.8 Å². The van der Waals surface area contributed by atoms with Crippen molar-refractivity contribution in [1.82, 2.24) is 5.32 Å². The Balaban J connectivity index is 2.01. The molecule has 2 rings (SSSR count). The van der Waals surface area contributed by atoms with Crippen LogP contribution in [-0.4, -0.2) is 22.6 Å². The molecule has 1 aliphatic carbocycles. The van der Waals surface area contributed by atoms with E-state index in [4.69, 9.17) is 5.26 Å². The topological polar surface area (TPSA) is 102 Å². The van der Waals surface area contributed by atoms with Crippen molar-refractivity contribution >= 4 is 17.7 Å². The number of anilines is 1. The van der Waals surface area contributed by atoms with Crippen molar-refractivity contribution in [3.63, 3.8) is 0 Å². The molecule has 1 aromatic rings. The highest BCUT2D eigenvalue weighted by Crippen LogP contribution is 2.39. The van der Waals surface area contributed by atoms with Crippen LogP contribution in [0, 0.1) is 17.2 Å². The number of amides is 2. The van der Waals surface area contributed by atoms with E-state index in [1.165, 1.54) is 6.92 Å². The summed E-state index contributed by atoms with van der Waals surface area (Å²) in [6, 6.07) is 7.75. The van der Waals surface area contributed by atoms with Crippen molar-refractivity contribution in [2.75, 3.05) is 5.32 Å². The number of nitrogens with one attached hydrogen (secondary N) is 2. The highest BCUT2D eigenvalue weighted by Gasteiger charge is 2.48. The summed E-state index contributed by atoms with van der Waals surface area (Å²) < 4.78 is 0. The minimum Gasteiger partial charge on any atom is -0.480 e. The molecule has 0 saturated heterocycles.